The molecule has 0 radical (unpaired) electrons. The Bertz CT molecular complexity index is 713. The van der Waals surface area contributed by atoms with Crippen molar-refractivity contribution in [1.82, 2.24) is 9.97 Å². The zero-order valence-electron chi connectivity index (χ0n) is 10.6. The van der Waals surface area contributed by atoms with Gasteiger partial charge in [0.15, 0.2) is 0 Å². The van der Waals surface area contributed by atoms with Crippen LogP contribution in [0.4, 0.5) is 5.82 Å². The third-order valence-electron chi connectivity index (χ3n) is 2.50. The quantitative estimate of drug-likeness (QED) is 0.570. The van der Waals surface area contributed by atoms with Gasteiger partial charge in [0, 0.05) is 31.1 Å². The second-order valence-corrected chi connectivity index (χ2v) is 4.61. The molecule has 2 aromatic heterocycles. The van der Waals surface area contributed by atoms with Crippen LogP contribution in [0.3, 0.4) is 0 Å². The standard InChI is InChI=1S/C13H12N4O.U.V/c1-9-12(13(15)17-8-16-9)5-4-10-2-3-11(18-10)6-7-14;;/h1-3,5,8H,6-7,14H2,(H-,15,16,17);;/q-2;;/b12-5+;;. The molecule has 0 aliphatic carbocycles. The molecule has 0 aromatic carbocycles. The summed E-state index contributed by atoms with van der Waals surface area (Å²) < 4.78 is 6.43. The number of rotatable bonds is 4. The predicted molar refractivity (Wildman–Crippen MR) is 69.8 cm³/mol. The largest absolute Gasteiger partial charge is 0 e. The molecule has 0 aliphatic heterocycles. The van der Waals surface area contributed by atoms with Crippen LogP contribution in [-0.2, 0) is 23.4 Å². The summed E-state index contributed by atoms with van der Waals surface area (Å²) in [6.07, 6.45) is 3.69. The van der Waals surface area contributed by atoms with Crippen LogP contribution >= 0.6 is 0 Å². The van der Waals surface area contributed by atoms with Crippen molar-refractivity contribution in [2.24, 2.45) is 5.73 Å². The van der Waals surface area contributed by atoms with Crippen molar-refractivity contribution in [2.75, 3.05) is 6.54 Å². The van der Waals surface area contributed by atoms with Gasteiger partial charge in [0.2, 0.25) is 0 Å². The minimum absolute atomic E-state index is 0. The maximum Gasteiger partial charge on any atom is 0 e. The minimum Gasteiger partial charge on any atom is 0 e. The molecular weight excluding hydrogens is 517 g/mol. The number of furan rings is 1. The van der Waals surface area contributed by atoms with Crippen LogP contribution in [0, 0.1) is 31.1 Å². The van der Waals surface area contributed by atoms with Crippen LogP contribution in [0.5, 0.6) is 0 Å². The molecule has 5 nitrogen and oxygen atoms in total. The van der Waals surface area contributed by atoms with Crippen molar-refractivity contribution < 1.29 is 52.5 Å². The molecule has 0 saturated carbocycles. The van der Waals surface area contributed by atoms with Gasteiger partial charge in [0.1, 0.15) is 0 Å². The zero-order chi connectivity index (χ0) is 13.8. The van der Waals surface area contributed by atoms with Gasteiger partial charge in [-0.05, 0) is 0 Å². The van der Waals surface area contributed by atoms with E-state index >= 15 is 0 Å². The van der Waals surface area contributed by atoms with Crippen molar-refractivity contribution in [3.05, 3.63) is 46.3 Å². The first-order valence-electron chi connectivity index (χ1n) is 5.63. The zero-order valence-corrected chi connectivity index (χ0v) is 16.2. The van der Waals surface area contributed by atoms with Crippen molar-refractivity contribution in [3.63, 3.8) is 0 Å². The predicted octanol–water partition coefficient (Wildman–Crippen LogP) is 0.0898. The molecule has 2 heterocycles. The molecule has 0 aliphatic rings. The van der Waals surface area contributed by atoms with Gasteiger partial charge in [0.05, 0.1) is 0 Å². The number of nitrogens with zero attached hydrogens (tertiary/aromatic N) is 2. The van der Waals surface area contributed by atoms with E-state index in [0.29, 0.717) is 23.9 Å². The van der Waals surface area contributed by atoms with E-state index in [2.05, 4.69) is 26.9 Å². The van der Waals surface area contributed by atoms with E-state index in [4.69, 9.17) is 22.5 Å². The molecule has 0 atom stereocenters. The Hall–Kier alpha value is -0.634. The summed E-state index contributed by atoms with van der Waals surface area (Å²) in [6.45, 7) is 6.27. The van der Waals surface area contributed by atoms with Gasteiger partial charge in [-0.3, -0.25) is 0 Å². The second kappa shape index (κ2) is 7.97. The van der Waals surface area contributed by atoms with Crippen LogP contribution < -0.4 is 16.3 Å². The topological polar surface area (TPSA) is 88.7 Å². The summed E-state index contributed by atoms with van der Waals surface area (Å²) in [6, 6.07) is 3.74. The van der Waals surface area contributed by atoms with Gasteiger partial charge in [-0.1, -0.05) is 0 Å². The second-order valence-electron chi connectivity index (χ2n) is 3.86. The summed E-state index contributed by atoms with van der Waals surface area (Å²) in [4.78, 5) is 7.67. The van der Waals surface area contributed by atoms with Crippen LogP contribution in [0.1, 0.15) is 11.5 Å². The molecule has 0 unspecified atom stereocenters. The van der Waals surface area contributed by atoms with Crippen molar-refractivity contribution >= 4 is 22.7 Å². The Morgan fingerprint density at radius 3 is 2.85 bits per heavy atom. The SMILES string of the molecule is [CH-]=c1ncnc([NH-])/c1=C/[C](=[V])c1ccc(CCN)o1.[U]. The molecule has 0 fully saturated rings. The maximum absolute atomic E-state index is 7.71. The summed E-state index contributed by atoms with van der Waals surface area (Å²) >= 11 is 2.39. The van der Waals surface area contributed by atoms with E-state index in [-0.39, 0.29) is 42.3 Å². The summed E-state index contributed by atoms with van der Waals surface area (Å²) in [7, 11) is 0. The van der Waals surface area contributed by atoms with Gasteiger partial charge >= 0.3 is 119 Å². The van der Waals surface area contributed by atoms with Crippen LogP contribution in [0.25, 0.3) is 18.4 Å². The van der Waals surface area contributed by atoms with Gasteiger partial charge in [-0.25, -0.2) is 0 Å². The molecular formula is C13H12N4OUV-2. The van der Waals surface area contributed by atoms with Crippen molar-refractivity contribution in [2.45, 2.75) is 6.42 Å². The van der Waals surface area contributed by atoms with Crippen LogP contribution in [-0.4, -0.2) is 20.7 Å². The first-order valence-corrected chi connectivity index (χ1v) is 6.33. The average molecular weight is 529 g/mol. The molecule has 20 heavy (non-hydrogen) atoms. The van der Waals surface area contributed by atoms with E-state index in [0.717, 1.165) is 9.99 Å². The summed E-state index contributed by atoms with van der Waals surface area (Å²) in [5, 5.41) is 0.757. The van der Waals surface area contributed by atoms with E-state index in [1.807, 2.05) is 12.1 Å². The van der Waals surface area contributed by atoms with E-state index in [1.54, 1.807) is 6.08 Å². The average Bonchev–Trinajstić information content (AvgIpc) is 2.83. The number of aromatic nitrogens is 2. The Kier molecular flexibility index (Phi) is 6.94. The maximum atomic E-state index is 7.71. The molecule has 0 amide bonds. The molecule has 0 bridgehead atoms. The Morgan fingerprint density at radius 1 is 1.45 bits per heavy atom. The fourth-order valence-corrected chi connectivity index (χ4v) is 1.94. The molecule has 7 heteroatoms. The minimum atomic E-state index is 0. The monoisotopic (exact) mass is 529 g/mol. The Labute approximate surface area is 149 Å². The fraction of sp³-hybridized carbons (Fsp3) is 0.154. The van der Waals surface area contributed by atoms with E-state index in [1.165, 1.54) is 6.33 Å². The molecule has 0 spiro atoms. The molecule has 0 saturated heterocycles. The van der Waals surface area contributed by atoms with Crippen LogP contribution in [0.2, 0.25) is 0 Å². The molecule has 101 valence electrons. The normalized spacial score (nSPS) is 11.1. The third-order valence-corrected chi connectivity index (χ3v) is 3.05. The number of nitrogens with one attached hydrogen (secondary N) is 1. The van der Waals surface area contributed by atoms with Gasteiger partial charge in [0.25, 0.3) is 0 Å². The smallest absolute Gasteiger partial charge is 0 e. The summed E-state index contributed by atoms with van der Waals surface area (Å²) in [5.41, 5.74) is 13.2. The van der Waals surface area contributed by atoms with E-state index in [9.17, 15) is 0 Å². The van der Waals surface area contributed by atoms with Crippen molar-refractivity contribution in [1.29, 1.82) is 0 Å². The van der Waals surface area contributed by atoms with Crippen LogP contribution in [0.15, 0.2) is 22.9 Å². The molecule has 3 N–H and O–H groups in total. The molecule has 2 aromatic rings. The van der Waals surface area contributed by atoms with E-state index < -0.39 is 0 Å². The van der Waals surface area contributed by atoms with Crippen molar-refractivity contribution in [3.8, 4) is 0 Å². The van der Waals surface area contributed by atoms with Gasteiger partial charge < -0.3 is 0 Å². The number of hydrogen-bond acceptors (Lipinski definition) is 4. The number of nitrogens with two attached hydrogens (primary N) is 1. The first-order chi connectivity index (χ1) is 9.11. The number of hydrogen-bond donors (Lipinski definition) is 1. The van der Waals surface area contributed by atoms with Gasteiger partial charge in [-0.2, -0.15) is 0 Å². The molecule has 2 rings (SSSR count). The Morgan fingerprint density at radius 2 is 2.20 bits per heavy atom. The van der Waals surface area contributed by atoms with Gasteiger partial charge in [-0.15, -0.1) is 0 Å². The third kappa shape index (κ3) is 4.18. The summed E-state index contributed by atoms with van der Waals surface area (Å²) in [5.74, 6) is 1.62. The first kappa shape index (κ1) is 17.4. The fourth-order valence-electron chi connectivity index (χ4n) is 1.55. The Balaban J connectivity index is 0.00000200.